The van der Waals surface area contributed by atoms with E-state index < -0.39 is 10.0 Å². The number of sulfonamides is 1. The Morgan fingerprint density at radius 1 is 1.50 bits per heavy atom. The van der Waals surface area contributed by atoms with Crippen molar-refractivity contribution in [3.05, 3.63) is 29.3 Å². The Hall–Kier alpha value is -1.09. The third kappa shape index (κ3) is 2.70. The van der Waals surface area contributed by atoms with Gasteiger partial charge < -0.3 is 0 Å². The highest BCUT2D eigenvalue weighted by molar-refractivity contribution is 7.89. The Bertz CT molecular complexity index is 464. The Kier molecular flexibility index (Phi) is 3.47. The van der Waals surface area contributed by atoms with E-state index in [4.69, 9.17) is 16.9 Å². The highest BCUT2D eigenvalue weighted by atomic mass is 35.5. The van der Waals surface area contributed by atoms with Crippen LogP contribution in [0.25, 0.3) is 0 Å². The number of halogens is 1. The predicted octanol–water partition coefficient (Wildman–Crippen LogP) is 1.14. The van der Waals surface area contributed by atoms with Gasteiger partial charge in [0, 0.05) is 5.02 Å². The Labute approximate surface area is 87.2 Å². The molecule has 4 nitrogen and oxygen atoms in total. The summed E-state index contributed by atoms with van der Waals surface area (Å²) < 4.78 is 24.9. The standard InChI is InChI=1S/C8H7ClN2O2S/c9-7-2-1-3-8(6-7)14(12,13)11-5-4-10/h1-3,6,11H,5H2. The molecule has 0 aromatic heterocycles. The molecule has 0 radical (unpaired) electrons. The van der Waals surface area contributed by atoms with Gasteiger partial charge in [0.2, 0.25) is 10.0 Å². The number of rotatable bonds is 3. The maximum Gasteiger partial charge on any atom is 0.241 e. The van der Waals surface area contributed by atoms with Crippen molar-refractivity contribution in [1.82, 2.24) is 4.72 Å². The van der Waals surface area contributed by atoms with E-state index in [-0.39, 0.29) is 11.4 Å². The van der Waals surface area contributed by atoms with E-state index in [0.717, 1.165) is 0 Å². The molecule has 0 fully saturated rings. The van der Waals surface area contributed by atoms with Gasteiger partial charge in [0.25, 0.3) is 0 Å². The molecule has 0 aliphatic heterocycles. The van der Waals surface area contributed by atoms with E-state index in [2.05, 4.69) is 4.72 Å². The first kappa shape index (κ1) is 11.0. The Morgan fingerprint density at radius 2 is 2.21 bits per heavy atom. The summed E-state index contributed by atoms with van der Waals surface area (Å²) in [5.74, 6) is 0. The Balaban J connectivity index is 3.00. The summed E-state index contributed by atoms with van der Waals surface area (Å²) in [5, 5.41) is 8.57. The number of hydrogen-bond acceptors (Lipinski definition) is 3. The molecule has 0 aliphatic rings. The smallest absolute Gasteiger partial charge is 0.207 e. The van der Waals surface area contributed by atoms with Crippen LogP contribution < -0.4 is 4.72 Å². The van der Waals surface area contributed by atoms with Crippen molar-refractivity contribution < 1.29 is 8.42 Å². The van der Waals surface area contributed by atoms with Gasteiger partial charge in [-0.1, -0.05) is 17.7 Å². The number of nitrogens with one attached hydrogen (secondary N) is 1. The van der Waals surface area contributed by atoms with Crippen LogP contribution in [-0.4, -0.2) is 15.0 Å². The van der Waals surface area contributed by atoms with Crippen LogP contribution in [0.3, 0.4) is 0 Å². The summed E-state index contributed by atoms with van der Waals surface area (Å²) in [7, 11) is -3.60. The van der Waals surface area contributed by atoms with Crippen molar-refractivity contribution in [2.24, 2.45) is 0 Å². The molecule has 0 bridgehead atoms. The maximum atomic E-state index is 11.4. The highest BCUT2D eigenvalue weighted by Crippen LogP contribution is 2.14. The quantitative estimate of drug-likeness (QED) is 0.792. The lowest BCUT2D eigenvalue weighted by Gasteiger charge is -2.02. The van der Waals surface area contributed by atoms with Gasteiger partial charge in [-0.25, -0.2) is 8.42 Å². The molecule has 0 saturated carbocycles. The number of nitriles is 1. The minimum atomic E-state index is -3.60. The fraction of sp³-hybridized carbons (Fsp3) is 0.125. The molecule has 1 aromatic rings. The second kappa shape index (κ2) is 4.42. The van der Waals surface area contributed by atoms with Crippen LogP contribution in [0.4, 0.5) is 0 Å². The number of nitrogens with zero attached hydrogens (tertiary/aromatic N) is 1. The van der Waals surface area contributed by atoms with E-state index in [1.54, 1.807) is 12.1 Å². The minimum Gasteiger partial charge on any atom is -0.207 e. The summed E-state index contributed by atoms with van der Waals surface area (Å²) in [6.45, 7) is -0.255. The molecule has 74 valence electrons. The topological polar surface area (TPSA) is 70.0 Å². The van der Waals surface area contributed by atoms with Crippen LogP contribution >= 0.6 is 11.6 Å². The van der Waals surface area contributed by atoms with E-state index in [9.17, 15) is 8.42 Å². The van der Waals surface area contributed by atoms with Crippen LogP contribution in [0.15, 0.2) is 29.2 Å². The lowest BCUT2D eigenvalue weighted by molar-refractivity contribution is 0.586. The van der Waals surface area contributed by atoms with Crippen LogP contribution in [-0.2, 0) is 10.0 Å². The lowest BCUT2D eigenvalue weighted by Crippen LogP contribution is -2.23. The molecule has 0 heterocycles. The molecular weight excluding hydrogens is 224 g/mol. The largest absolute Gasteiger partial charge is 0.241 e. The van der Waals surface area contributed by atoms with Crippen LogP contribution in [0.1, 0.15) is 0 Å². The average molecular weight is 231 g/mol. The zero-order chi connectivity index (χ0) is 10.6. The monoisotopic (exact) mass is 230 g/mol. The number of hydrogen-bond donors (Lipinski definition) is 1. The second-order valence-corrected chi connectivity index (χ2v) is 4.64. The fourth-order valence-corrected chi connectivity index (χ4v) is 2.06. The summed E-state index contributed by atoms with van der Waals surface area (Å²) in [6, 6.07) is 7.52. The van der Waals surface area contributed by atoms with Gasteiger partial charge in [-0.2, -0.15) is 9.98 Å². The zero-order valence-corrected chi connectivity index (χ0v) is 8.64. The van der Waals surface area contributed by atoms with E-state index in [1.807, 2.05) is 0 Å². The van der Waals surface area contributed by atoms with Gasteiger partial charge in [-0.15, -0.1) is 0 Å². The molecule has 0 aliphatic carbocycles. The molecule has 14 heavy (non-hydrogen) atoms. The molecule has 0 atom stereocenters. The predicted molar refractivity (Wildman–Crippen MR) is 52.3 cm³/mol. The first-order valence-electron chi connectivity index (χ1n) is 3.68. The Morgan fingerprint density at radius 3 is 2.79 bits per heavy atom. The van der Waals surface area contributed by atoms with Gasteiger partial charge in [0.05, 0.1) is 17.5 Å². The van der Waals surface area contributed by atoms with Crippen molar-refractivity contribution in [2.45, 2.75) is 4.90 Å². The molecule has 0 unspecified atom stereocenters. The molecule has 0 spiro atoms. The lowest BCUT2D eigenvalue weighted by atomic mass is 10.4. The molecule has 6 heteroatoms. The summed E-state index contributed by atoms with van der Waals surface area (Å²) in [5.41, 5.74) is 0. The van der Waals surface area contributed by atoms with Gasteiger partial charge in [0.1, 0.15) is 0 Å². The van der Waals surface area contributed by atoms with Crippen molar-refractivity contribution in [2.75, 3.05) is 6.54 Å². The molecule has 1 aromatic carbocycles. The van der Waals surface area contributed by atoms with Crippen molar-refractivity contribution in [3.63, 3.8) is 0 Å². The normalized spacial score (nSPS) is 10.9. The average Bonchev–Trinajstić information content (AvgIpc) is 2.15. The third-order valence-electron chi connectivity index (χ3n) is 1.45. The van der Waals surface area contributed by atoms with Crippen molar-refractivity contribution >= 4 is 21.6 Å². The second-order valence-electron chi connectivity index (χ2n) is 2.44. The zero-order valence-electron chi connectivity index (χ0n) is 7.07. The number of benzene rings is 1. The summed E-state index contributed by atoms with van der Waals surface area (Å²) >= 11 is 5.63. The summed E-state index contributed by atoms with van der Waals surface area (Å²) in [6.07, 6.45) is 0. The van der Waals surface area contributed by atoms with Crippen molar-refractivity contribution in [1.29, 1.82) is 5.26 Å². The molecule has 0 saturated heterocycles. The minimum absolute atomic E-state index is 0.0558. The van der Waals surface area contributed by atoms with Crippen molar-refractivity contribution in [3.8, 4) is 6.07 Å². The van der Waals surface area contributed by atoms with E-state index >= 15 is 0 Å². The van der Waals surface area contributed by atoms with Crippen LogP contribution in [0, 0.1) is 11.3 Å². The third-order valence-corrected chi connectivity index (χ3v) is 3.08. The first-order chi connectivity index (χ1) is 6.56. The maximum absolute atomic E-state index is 11.4. The van der Waals surface area contributed by atoms with Gasteiger partial charge in [0.15, 0.2) is 0 Å². The van der Waals surface area contributed by atoms with Gasteiger partial charge in [-0.3, -0.25) is 0 Å². The van der Waals surface area contributed by atoms with Gasteiger partial charge >= 0.3 is 0 Å². The molecule has 1 rings (SSSR count). The fourth-order valence-electron chi connectivity index (χ4n) is 0.845. The molecular formula is C8H7ClN2O2S. The SMILES string of the molecule is N#CCNS(=O)(=O)c1cccc(Cl)c1. The molecule has 1 N–H and O–H groups in total. The summed E-state index contributed by atoms with van der Waals surface area (Å²) in [4.78, 5) is 0.0558. The van der Waals surface area contributed by atoms with E-state index in [0.29, 0.717) is 5.02 Å². The van der Waals surface area contributed by atoms with Crippen LogP contribution in [0.2, 0.25) is 5.02 Å². The van der Waals surface area contributed by atoms with Gasteiger partial charge in [-0.05, 0) is 18.2 Å². The first-order valence-corrected chi connectivity index (χ1v) is 5.54. The highest BCUT2D eigenvalue weighted by Gasteiger charge is 2.12. The van der Waals surface area contributed by atoms with Crippen LogP contribution in [0.5, 0.6) is 0 Å². The van der Waals surface area contributed by atoms with E-state index in [1.165, 1.54) is 18.2 Å². The molecule has 0 amide bonds.